The number of esters is 5. The van der Waals surface area contributed by atoms with Gasteiger partial charge in [-0.05, 0) is 107 Å². The first-order chi connectivity index (χ1) is 30.6. The van der Waals surface area contributed by atoms with Crippen LogP contribution >= 0.6 is 0 Å². The Hall–Kier alpha value is -5.11. The van der Waals surface area contributed by atoms with Crippen molar-refractivity contribution >= 4 is 48.1 Å². The summed E-state index contributed by atoms with van der Waals surface area (Å²) in [5.74, 6) is -2.66. The number of carbonyl (C=O) groups excluding carboxylic acids is 7. The number of amides is 2. The summed E-state index contributed by atoms with van der Waals surface area (Å²) in [4.78, 5) is 99.9. The molecule has 0 N–H and O–H groups in total. The van der Waals surface area contributed by atoms with Gasteiger partial charge in [0, 0.05) is 26.2 Å². The Morgan fingerprint density at radius 3 is 1.34 bits per heavy atom. The van der Waals surface area contributed by atoms with Gasteiger partial charge in [-0.15, -0.1) is 0 Å². The molecule has 65 heavy (non-hydrogen) atoms. The zero-order valence-corrected chi connectivity index (χ0v) is 40.5. The van der Waals surface area contributed by atoms with E-state index in [0.717, 1.165) is 11.1 Å². The molecule has 368 valence electrons. The highest BCUT2D eigenvalue weighted by Crippen LogP contribution is 2.17. The molecular formula is C46H74N4O15. The van der Waals surface area contributed by atoms with Gasteiger partial charge in [0.1, 0.15) is 17.2 Å². The molecule has 1 atom stereocenters. The molecule has 1 aromatic rings. The quantitative estimate of drug-likeness (QED) is 0.0437. The van der Waals surface area contributed by atoms with E-state index in [1.54, 1.807) is 86.0 Å². The first-order valence-corrected chi connectivity index (χ1v) is 22.3. The molecule has 0 spiro atoms. The summed E-state index contributed by atoms with van der Waals surface area (Å²) >= 11 is 0. The average Bonchev–Trinajstić information content (AvgIpc) is 3.19. The fourth-order valence-corrected chi connectivity index (χ4v) is 5.93. The van der Waals surface area contributed by atoms with Gasteiger partial charge in [0.15, 0.2) is 0 Å². The zero-order chi connectivity index (χ0) is 49.0. The third-order valence-electron chi connectivity index (χ3n) is 8.64. The minimum atomic E-state index is -0.980. The third-order valence-corrected chi connectivity index (χ3v) is 8.64. The number of nitrogens with zero attached hydrogens (tertiary/aromatic N) is 4. The van der Waals surface area contributed by atoms with Crippen LogP contribution in [0.1, 0.15) is 100 Å². The fraction of sp³-hybridized carbons (Fsp3) is 0.674. The summed E-state index contributed by atoms with van der Waals surface area (Å²) in [7, 11) is 0. The van der Waals surface area contributed by atoms with Crippen molar-refractivity contribution < 1.29 is 71.6 Å². The van der Waals surface area contributed by atoms with E-state index in [1.807, 2.05) is 41.3 Å². The minimum absolute atomic E-state index is 0.0265. The second kappa shape index (κ2) is 30.9. The topological polar surface area (TPSA) is 206 Å². The molecule has 0 aliphatic rings. The van der Waals surface area contributed by atoms with Crippen molar-refractivity contribution in [3.8, 4) is 0 Å². The Labute approximate surface area is 384 Å². The lowest BCUT2D eigenvalue weighted by Gasteiger charge is -2.33. The number of imide groups is 1. The lowest BCUT2D eigenvalue weighted by Crippen LogP contribution is -2.50. The van der Waals surface area contributed by atoms with E-state index in [4.69, 9.17) is 38.0 Å². The first kappa shape index (κ1) is 57.9. The van der Waals surface area contributed by atoms with Crippen LogP contribution in [0.15, 0.2) is 30.3 Å². The highest BCUT2D eigenvalue weighted by Gasteiger charge is 2.33. The third kappa shape index (κ3) is 26.4. The number of benzene rings is 1. The maximum absolute atomic E-state index is 13.7. The van der Waals surface area contributed by atoms with E-state index in [9.17, 15) is 33.6 Å². The van der Waals surface area contributed by atoms with Gasteiger partial charge in [0.2, 0.25) is 0 Å². The molecule has 1 unspecified atom stereocenters. The first-order valence-electron chi connectivity index (χ1n) is 22.3. The van der Waals surface area contributed by atoms with Gasteiger partial charge in [-0.25, -0.2) is 9.59 Å². The van der Waals surface area contributed by atoms with Crippen molar-refractivity contribution in [3.63, 3.8) is 0 Å². The molecule has 0 saturated carbocycles. The van der Waals surface area contributed by atoms with Crippen LogP contribution in [-0.2, 0) is 68.4 Å². The van der Waals surface area contributed by atoms with E-state index < -0.39 is 59.3 Å². The van der Waals surface area contributed by atoms with Crippen LogP contribution in [0, 0.1) is 0 Å². The number of hydrogen-bond acceptors (Lipinski definition) is 18. The zero-order valence-electron chi connectivity index (χ0n) is 40.5. The number of hydroxylamine groups is 2. The Bertz CT molecular complexity index is 1540. The molecule has 0 aromatic heterocycles. The van der Waals surface area contributed by atoms with Crippen molar-refractivity contribution in [1.82, 2.24) is 19.8 Å². The number of aryl methyl sites for hydroxylation is 1. The second-order valence-electron chi connectivity index (χ2n) is 16.5. The maximum Gasteiger partial charge on any atom is 0.444 e. The van der Waals surface area contributed by atoms with Gasteiger partial charge in [-0.1, -0.05) is 41.5 Å². The predicted octanol–water partition coefficient (Wildman–Crippen LogP) is 5.22. The molecule has 19 heteroatoms. The molecule has 0 bridgehead atoms. The van der Waals surface area contributed by atoms with E-state index >= 15 is 0 Å². The van der Waals surface area contributed by atoms with E-state index in [-0.39, 0.29) is 98.4 Å². The van der Waals surface area contributed by atoms with Crippen LogP contribution < -0.4 is 0 Å². The van der Waals surface area contributed by atoms with Gasteiger partial charge >= 0.3 is 42.0 Å². The molecule has 0 fully saturated rings. The Kier molecular flexibility index (Phi) is 27.5. The monoisotopic (exact) mass is 923 g/mol. The maximum atomic E-state index is 13.7. The molecule has 19 nitrogen and oxygen atoms in total. The highest BCUT2D eigenvalue weighted by molar-refractivity contribution is 5.86. The number of rotatable bonds is 29. The van der Waals surface area contributed by atoms with E-state index in [0.29, 0.717) is 17.9 Å². The number of carbonyl (C=O) groups is 7. The van der Waals surface area contributed by atoms with Crippen LogP contribution in [0.3, 0.4) is 0 Å². The molecule has 0 aliphatic heterocycles. The highest BCUT2D eigenvalue weighted by atomic mass is 16.8. The van der Waals surface area contributed by atoms with Gasteiger partial charge in [-0.3, -0.25) is 43.5 Å². The molecule has 2 amide bonds. The molecule has 1 aromatic carbocycles. The summed E-state index contributed by atoms with van der Waals surface area (Å²) in [5.41, 5.74) is 0.0770. The normalized spacial score (nSPS) is 12.2. The fourth-order valence-electron chi connectivity index (χ4n) is 5.93. The molecule has 0 aliphatic carbocycles. The standard InChI is InChI=1S/C46H74N4O15/c1-12-58-38(51)31-47(32-39(52)59-13-2)26-28-49(29-27-48(33-40(53)60-14-3)34-41(54)61-15-4)37(42(55)62-16-5)21-17-19-35-22-24-36(25-23-35)20-18-30-63-50(43(56)64-45(6,7)8)44(57)65-46(9,10)11/h17,19,22-25,37H,12-16,18,20-21,26-34H2,1-11H3/b19-17+. The number of hydrogen-bond donors (Lipinski definition) is 0. The van der Waals surface area contributed by atoms with Crippen molar-refractivity contribution in [2.24, 2.45) is 0 Å². The number of ether oxygens (including phenoxy) is 7. The Morgan fingerprint density at radius 2 is 0.969 bits per heavy atom. The van der Waals surface area contributed by atoms with Crippen LogP contribution in [0.2, 0.25) is 0 Å². The predicted molar refractivity (Wildman–Crippen MR) is 240 cm³/mol. The summed E-state index contributed by atoms with van der Waals surface area (Å²) in [6, 6.07) is 6.81. The molecular weight excluding hydrogens is 849 g/mol. The van der Waals surface area contributed by atoms with Gasteiger partial charge in [-0.2, -0.15) is 0 Å². The second-order valence-corrected chi connectivity index (χ2v) is 16.5. The smallest absolute Gasteiger partial charge is 0.444 e. The van der Waals surface area contributed by atoms with Crippen LogP contribution in [0.4, 0.5) is 9.59 Å². The van der Waals surface area contributed by atoms with Crippen molar-refractivity contribution in [2.45, 2.75) is 113 Å². The molecule has 0 saturated heterocycles. The van der Waals surface area contributed by atoms with Crippen molar-refractivity contribution in [1.29, 1.82) is 0 Å². The Balaban J connectivity index is 3.33. The van der Waals surface area contributed by atoms with Crippen LogP contribution in [-0.4, -0.2) is 171 Å². The van der Waals surface area contributed by atoms with Crippen molar-refractivity contribution in [3.05, 3.63) is 41.5 Å². The van der Waals surface area contributed by atoms with E-state index in [1.165, 1.54) is 0 Å². The SMILES string of the molecule is CCOC(=O)CN(CCN(CCN(CC(=O)OCC)CC(=O)OCC)C(C/C=C/c1ccc(CCCON(C(=O)OC(C)(C)C)C(=O)OC(C)(C)C)cc1)C(=O)OCC)CC(=O)OCC. The summed E-state index contributed by atoms with van der Waals surface area (Å²) in [5, 5.41) is 0.501. The molecule has 1 rings (SSSR count). The van der Waals surface area contributed by atoms with Crippen LogP contribution in [0.25, 0.3) is 6.08 Å². The van der Waals surface area contributed by atoms with Crippen molar-refractivity contribution in [2.75, 3.05) is 92.0 Å². The minimum Gasteiger partial charge on any atom is -0.465 e. The van der Waals surface area contributed by atoms with Crippen LogP contribution in [0.5, 0.6) is 0 Å². The van der Waals surface area contributed by atoms with Gasteiger partial charge in [0.05, 0.1) is 65.8 Å². The van der Waals surface area contributed by atoms with Gasteiger partial charge in [0.25, 0.3) is 0 Å². The lowest BCUT2D eigenvalue weighted by atomic mass is 10.1. The molecule has 0 heterocycles. The average molecular weight is 923 g/mol. The lowest BCUT2D eigenvalue weighted by molar-refractivity contribution is -0.152. The Morgan fingerprint density at radius 1 is 0.569 bits per heavy atom. The van der Waals surface area contributed by atoms with E-state index in [2.05, 4.69) is 0 Å². The molecule has 0 radical (unpaired) electrons. The summed E-state index contributed by atoms with van der Waals surface area (Å²) < 4.78 is 36.8. The van der Waals surface area contributed by atoms with Gasteiger partial charge < -0.3 is 33.2 Å². The largest absolute Gasteiger partial charge is 0.465 e. The summed E-state index contributed by atoms with van der Waals surface area (Å²) in [6.07, 6.45) is 2.95. The summed E-state index contributed by atoms with van der Waals surface area (Å²) in [6.45, 7) is 19.0.